The first-order valence-corrected chi connectivity index (χ1v) is 13.9. The van der Waals surface area contributed by atoms with E-state index in [0.717, 1.165) is 34.1 Å². The molecule has 0 atom stereocenters. The fraction of sp³-hybridized carbons (Fsp3) is 0.0278. The van der Waals surface area contributed by atoms with Crippen molar-refractivity contribution in [3.8, 4) is 16.8 Å². The topological polar surface area (TPSA) is 48.0 Å². The van der Waals surface area contributed by atoms with Crippen LogP contribution in [-0.4, -0.2) is 23.9 Å². The van der Waals surface area contributed by atoms with E-state index in [4.69, 9.17) is 9.97 Å². The molecule has 5 heteroatoms. The Hall–Kier alpha value is -5.55. The van der Waals surface area contributed by atoms with Crippen LogP contribution >= 0.6 is 0 Å². The number of nitrogens with zero attached hydrogens (tertiary/aromatic N) is 5. The first kappa shape index (κ1) is 21.3. The number of rotatable bonds is 1. The van der Waals surface area contributed by atoms with Crippen LogP contribution in [0, 0.1) is 0 Å². The van der Waals surface area contributed by atoms with Crippen LogP contribution in [0.3, 0.4) is 0 Å². The number of benzene rings is 4. The molecular weight excluding hydrogens is 502 g/mol. The van der Waals surface area contributed by atoms with Crippen molar-refractivity contribution in [3.63, 3.8) is 0 Å². The highest BCUT2D eigenvalue weighted by atomic mass is 15.1. The van der Waals surface area contributed by atoms with Crippen LogP contribution in [0.1, 0.15) is 11.1 Å². The summed E-state index contributed by atoms with van der Waals surface area (Å²) < 4.78 is 4.64. The van der Waals surface area contributed by atoms with Crippen molar-refractivity contribution in [2.45, 2.75) is 6.42 Å². The Morgan fingerprint density at radius 1 is 0.634 bits per heavy atom. The van der Waals surface area contributed by atoms with E-state index >= 15 is 0 Å². The number of hydrogen-bond donors (Lipinski definition) is 0. The predicted octanol–water partition coefficient (Wildman–Crippen LogP) is 8.25. The van der Waals surface area contributed by atoms with Crippen LogP contribution in [0.5, 0.6) is 0 Å². The lowest BCUT2D eigenvalue weighted by Crippen LogP contribution is -1.97. The van der Waals surface area contributed by atoms with Crippen LogP contribution in [-0.2, 0) is 6.42 Å². The van der Waals surface area contributed by atoms with Gasteiger partial charge in [-0.15, -0.1) is 0 Å². The summed E-state index contributed by atoms with van der Waals surface area (Å²) in [6, 6.07) is 34.9. The van der Waals surface area contributed by atoms with Crippen molar-refractivity contribution >= 4 is 60.3 Å². The third kappa shape index (κ3) is 2.63. The fourth-order valence-corrected chi connectivity index (χ4v) is 7.22. The molecule has 0 radical (unpaired) electrons. The third-order valence-electron chi connectivity index (χ3n) is 8.86. The minimum absolute atomic E-state index is 0.858. The van der Waals surface area contributed by atoms with E-state index in [2.05, 4.69) is 98.9 Å². The van der Waals surface area contributed by atoms with E-state index in [9.17, 15) is 0 Å². The standard InChI is InChI=1S/C36H21N5/c1-2-7-22(8-3-1)40-30-11-5-4-9-23(30)26-13-12-21-19-28-25(32(21)34(26)40)15-14-24-27-10-6-17-38-35(27)41-31-20-37-18-16-29(31)39-36(41)33(24)28/h1-18,20H,19H2. The lowest BCUT2D eigenvalue weighted by atomic mass is 9.97. The van der Waals surface area contributed by atoms with Crippen molar-refractivity contribution in [3.05, 3.63) is 127 Å². The van der Waals surface area contributed by atoms with Crippen molar-refractivity contribution in [1.82, 2.24) is 23.9 Å². The molecule has 0 saturated heterocycles. The molecule has 5 nitrogen and oxygen atoms in total. The molecule has 9 aromatic rings. The molecule has 0 fully saturated rings. The maximum Gasteiger partial charge on any atom is 0.147 e. The molecule has 0 aliphatic heterocycles. The van der Waals surface area contributed by atoms with Gasteiger partial charge < -0.3 is 4.57 Å². The van der Waals surface area contributed by atoms with E-state index in [1.165, 1.54) is 60.5 Å². The maximum absolute atomic E-state index is 5.17. The molecule has 1 aliphatic carbocycles. The number of imidazole rings is 1. The number of aromatic nitrogens is 5. The Balaban J connectivity index is 1.40. The summed E-state index contributed by atoms with van der Waals surface area (Å²) in [7, 11) is 0. The number of fused-ring (bicyclic) bond motifs is 16. The smallest absolute Gasteiger partial charge is 0.147 e. The van der Waals surface area contributed by atoms with Crippen LogP contribution < -0.4 is 0 Å². The van der Waals surface area contributed by atoms with Crippen LogP contribution in [0.15, 0.2) is 116 Å². The van der Waals surface area contributed by atoms with E-state index in [1.54, 1.807) is 0 Å². The summed E-state index contributed by atoms with van der Waals surface area (Å²) in [5.74, 6) is 0. The lowest BCUT2D eigenvalue weighted by molar-refractivity contribution is 1.18. The Bertz CT molecular complexity index is 2550. The second-order valence-electron chi connectivity index (χ2n) is 10.9. The van der Waals surface area contributed by atoms with Gasteiger partial charge in [0, 0.05) is 45.2 Å². The average Bonchev–Trinajstić information content (AvgIpc) is 3.71. The quantitative estimate of drug-likeness (QED) is 0.204. The summed E-state index contributed by atoms with van der Waals surface area (Å²) in [4.78, 5) is 14.4. The van der Waals surface area contributed by atoms with E-state index in [1.807, 2.05) is 30.7 Å². The zero-order valence-electron chi connectivity index (χ0n) is 21.9. The van der Waals surface area contributed by atoms with Gasteiger partial charge in [-0.3, -0.25) is 9.38 Å². The Morgan fingerprint density at radius 2 is 1.49 bits per heavy atom. The van der Waals surface area contributed by atoms with Gasteiger partial charge >= 0.3 is 0 Å². The van der Waals surface area contributed by atoms with Gasteiger partial charge in [0.15, 0.2) is 0 Å². The van der Waals surface area contributed by atoms with Gasteiger partial charge in [0.1, 0.15) is 11.3 Å². The largest absolute Gasteiger partial charge is 0.309 e. The summed E-state index contributed by atoms with van der Waals surface area (Å²) in [6.45, 7) is 0. The fourth-order valence-electron chi connectivity index (χ4n) is 7.22. The van der Waals surface area contributed by atoms with Crippen molar-refractivity contribution in [1.29, 1.82) is 0 Å². The van der Waals surface area contributed by atoms with Gasteiger partial charge in [0.25, 0.3) is 0 Å². The zero-order valence-corrected chi connectivity index (χ0v) is 21.9. The van der Waals surface area contributed by atoms with E-state index in [0.29, 0.717) is 0 Å². The third-order valence-corrected chi connectivity index (χ3v) is 8.86. The molecule has 0 spiro atoms. The van der Waals surface area contributed by atoms with Gasteiger partial charge in [-0.05, 0) is 64.9 Å². The SMILES string of the molecule is c1ccc(-n2c3ccccc3c3ccc4c(c32)-c2ccc3c5cccnc5n5c6cnccc6nc5c3c2C4)cc1. The number of pyridine rings is 3. The molecule has 0 amide bonds. The summed E-state index contributed by atoms with van der Waals surface area (Å²) >= 11 is 0. The molecule has 190 valence electrons. The van der Waals surface area contributed by atoms with Gasteiger partial charge in [-0.25, -0.2) is 9.97 Å². The Kier molecular flexibility index (Phi) is 3.92. The molecule has 5 aromatic heterocycles. The lowest BCUT2D eigenvalue weighted by Gasteiger charge is -2.13. The normalized spacial score (nSPS) is 12.8. The van der Waals surface area contributed by atoms with E-state index in [-0.39, 0.29) is 0 Å². The maximum atomic E-state index is 5.17. The molecule has 5 heterocycles. The summed E-state index contributed by atoms with van der Waals surface area (Å²) in [5.41, 5.74) is 12.7. The molecule has 4 aromatic carbocycles. The predicted molar refractivity (Wildman–Crippen MR) is 166 cm³/mol. The molecule has 10 rings (SSSR count). The van der Waals surface area contributed by atoms with E-state index < -0.39 is 0 Å². The molecule has 0 unspecified atom stereocenters. The monoisotopic (exact) mass is 523 g/mol. The summed E-state index contributed by atoms with van der Waals surface area (Å²) in [5, 5.41) is 6.07. The molecule has 0 saturated carbocycles. The zero-order chi connectivity index (χ0) is 26.7. The highest BCUT2D eigenvalue weighted by Crippen LogP contribution is 2.48. The van der Waals surface area contributed by atoms with Crippen molar-refractivity contribution in [2.24, 2.45) is 0 Å². The highest BCUT2D eigenvalue weighted by molar-refractivity contribution is 6.19. The van der Waals surface area contributed by atoms with Gasteiger partial charge in [0.05, 0.1) is 28.3 Å². The van der Waals surface area contributed by atoms with Crippen molar-refractivity contribution in [2.75, 3.05) is 0 Å². The van der Waals surface area contributed by atoms with Crippen LogP contribution in [0.4, 0.5) is 0 Å². The Labute approximate surface area is 234 Å². The molecular formula is C36H21N5. The Morgan fingerprint density at radius 3 is 2.44 bits per heavy atom. The molecule has 41 heavy (non-hydrogen) atoms. The first-order chi connectivity index (χ1) is 20.4. The van der Waals surface area contributed by atoms with Crippen molar-refractivity contribution < 1.29 is 0 Å². The summed E-state index contributed by atoms with van der Waals surface area (Å²) in [6.07, 6.45) is 6.43. The molecule has 1 aliphatic rings. The molecule has 0 bridgehead atoms. The first-order valence-electron chi connectivity index (χ1n) is 13.9. The van der Waals surface area contributed by atoms with Crippen LogP contribution in [0.2, 0.25) is 0 Å². The second kappa shape index (κ2) is 7.55. The van der Waals surface area contributed by atoms with Gasteiger partial charge in [-0.2, -0.15) is 0 Å². The molecule has 0 N–H and O–H groups in total. The second-order valence-corrected chi connectivity index (χ2v) is 10.9. The van der Waals surface area contributed by atoms with Gasteiger partial charge in [0.2, 0.25) is 0 Å². The number of hydrogen-bond acceptors (Lipinski definition) is 3. The average molecular weight is 524 g/mol. The minimum atomic E-state index is 0.858. The van der Waals surface area contributed by atoms with Crippen LogP contribution in [0.25, 0.3) is 77.1 Å². The van der Waals surface area contributed by atoms with Gasteiger partial charge in [-0.1, -0.05) is 60.7 Å². The minimum Gasteiger partial charge on any atom is -0.309 e. The highest BCUT2D eigenvalue weighted by Gasteiger charge is 2.28. The number of para-hydroxylation sites is 2.